The van der Waals surface area contributed by atoms with Crippen LogP contribution in [-0.2, 0) is 17.8 Å². The number of nitrogens with zero attached hydrogens (tertiary/aromatic N) is 1. The zero-order chi connectivity index (χ0) is 13.6. The van der Waals surface area contributed by atoms with Crippen molar-refractivity contribution in [3.63, 3.8) is 0 Å². The van der Waals surface area contributed by atoms with E-state index in [4.69, 9.17) is 9.47 Å². The van der Waals surface area contributed by atoms with Crippen LogP contribution in [0.25, 0.3) is 0 Å². The lowest BCUT2D eigenvalue weighted by Gasteiger charge is -2.30. The van der Waals surface area contributed by atoms with Crippen LogP contribution in [0, 0.1) is 0 Å². The summed E-state index contributed by atoms with van der Waals surface area (Å²) in [6.07, 6.45) is -0.287. The highest BCUT2D eigenvalue weighted by atomic mass is 32.1. The van der Waals surface area contributed by atoms with Gasteiger partial charge >= 0.3 is 6.09 Å². The van der Waals surface area contributed by atoms with Crippen LogP contribution < -0.4 is 15.0 Å². The molecule has 0 atom stereocenters. The van der Waals surface area contributed by atoms with E-state index in [1.165, 1.54) is 10.4 Å². The highest BCUT2D eigenvalue weighted by Gasteiger charge is 2.34. The molecule has 1 aromatic rings. The molecule has 1 aromatic heterocycles. The van der Waals surface area contributed by atoms with E-state index in [-0.39, 0.29) is 6.09 Å². The van der Waals surface area contributed by atoms with Crippen LogP contribution in [0.3, 0.4) is 0 Å². The lowest BCUT2D eigenvalue weighted by molar-refractivity contribution is 0.0569. The molecule has 3 heterocycles. The predicted molar refractivity (Wildman–Crippen MR) is 73.9 cm³/mol. The summed E-state index contributed by atoms with van der Waals surface area (Å²) in [5.41, 5.74) is 0.727. The average Bonchev–Trinajstić information content (AvgIpc) is 2.85. The Labute approximate surface area is 116 Å². The van der Waals surface area contributed by atoms with Gasteiger partial charge in [0.25, 0.3) is 0 Å². The third-order valence-electron chi connectivity index (χ3n) is 3.03. The fourth-order valence-corrected chi connectivity index (χ4v) is 3.51. The van der Waals surface area contributed by atoms with Crippen LogP contribution in [0.2, 0.25) is 0 Å². The normalized spacial score (nSPS) is 17.7. The fourth-order valence-electron chi connectivity index (χ4n) is 2.26. The van der Waals surface area contributed by atoms with Gasteiger partial charge in [-0.3, -0.25) is 4.90 Å². The lowest BCUT2D eigenvalue weighted by atomic mass is 10.2. The van der Waals surface area contributed by atoms with Crippen LogP contribution in [0.1, 0.15) is 31.2 Å². The standard InChI is InChI=1S/C13H18N2O3S/c1-13(2,3)18-12(16)15-4-5-17-10-8-6-14-7-9(8)19-11(10)15/h14H,4-7H2,1-3H3. The third-order valence-corrected chi connectivity index (χ3v) is 4.27. The molecule has 0 saturated carbocycles. The molecule has 104 valence electrons. The molecule has 19 heavy (non-hydrogen) atoms. The fraction of sp³-hybridized carbons (Fsp3) is 0.615. The number of ether oxygens (including phenoxy) is 2. The summed E-state index contributed by atoms with van der Waals surface area (Å²) in [5.74, 6) is 0.863. The molecule has 1 N–H and O–H groups in total. The van der Waals surface area contributed by atoms with E-state index in [0.29, 0.717) is 13.2 Å². The van der Waals surface area contributed by atoms with E-state index >= 15 is 0 Å². The van der Waals surface area contributed by atoms with E-state index in [9.17, 15) is 4.79 Å². The first-order valence-electron chi connectivity index (χ1n) is 6.44. The van der Waals surface area contributed by atoms with Gasteiger partial charge in [0.2, 0.25) is 0 Å². The van der Waals surface area contributed by atoms with Gasteiger partial charge in [-0.15, -0.1) is 11.3 Å². The quantitative estimate of drug-likeness (QED) is 0.794. The first-order valence-corrected chi connectivity index (χ1v) is 7.26. The number of amides is 1. The van der Waals surface area contributed by atoms with Crippen molar-refractivity contribution in [1.29, 1.82) is 0 Å². The van der Waals surface area contributed by atoms with Crippen molar-refractivity contribution in [2.24, 2.45) is 0 Å². The molecule has 1 amide bonds. The topological polar surface area (TPSA) is 50.8 Å². The molecule has 0 aromatic carbocycles. The van der Waals surface area contributed by atoms with Crippen LogP contribution in [0.5, 0.6) is 5.75 Å². The van der Waals surface area contributed by atoms with Crippen LogP contribution in [0.4, 0.5) is 9.80 Å². The Bertz CT molecular complexity index is 519. The Morgan fingerprint density at radius 3 is 2.95 bits per heavy atom. The number of rotatable bonds is 0. The Morgan fingerprint density at radius 1 is 1.42 bits per heavy atom. The van der Waals surface area contributed by atoms with Crippen LogP contribution in [-0.4, -0.2) is 24.8 Å². The van der Waals surface area contributed by atoms with Crippen molar-refractivity contribution < 1.29 is 14.3 Å². The Hall–Kier alpha value is -1.27. The molecule has 0 saturated heterocycles. The molecule has 0 bridgehead atoms. The van der Waals surface area contributed by atoms with Gasteiger partial charge in [-0.25, -0.2) is 4.79 Å². The first-order chi connectivity index (χ1) is 8.96. The van der Waals surface area contributed by atoms with E-state index in [0.717, 1.165) is 23.8 Å². The number of thiophene rings is 1. The average molecular weight is 282 g/mol. The summed E-state index contributed by atoms with van der Waals surface area (Å²) in [7, 11) is 0. The van der Waals surface area contributed by atoms with Gasteiger partial charge in [0, 0.05) is 23.5 Å². The first kappa shape index (κ1) is 12.7. The van der Waals surface area contributed by atoms with Crippen LogP contribution in [0.15, 0.2) is 0 Å². The Morgan fingerprint density at radius 2 is 2.21 bits per heavy atom. The smallest absolute Gasteiger partial charge is 0.415 e. The highest BCUT2D eigenvalue weighted by molar-refractivity contribution is 7.17. The second-order valence-electron chi connectivity index (χ2n) is 5.72. The minimum absolute atomic E-state index is 0.287. The molecular formula is C13H18N2O3S. The van der Waals surface area contributed by atoms with Gasteiger partial charge in [0.05, 0.1) is 6.54 Å². The number of carbonyl (C=O) groups excluding carboxylic acids is 1. The molecule has 0 unspecified atom stereocenters. The van der Waals surface area contributed by atoms with Crippen molar-refractivity contribution in [2.45, 2.75) is 39.5 Å². The molecular weight excluding hydrogens is 264 g/mol. The zero-order valence-corrected chi connectivity index (χ0v) is 12.2. The maximum atomic E-state index is 12.2. The summed E-state index contributed by atoms with van der Waals surface area (Å²) in [4.78, 5) is 15.2. The van der Waals surface area contributed by atoms with Gasteiger partial charge < -0.3 is 14.8 Å². The zero-order valence-electron chi connectivity index (χ0n) is 11.4. The number of anilines is 1. The SMILES string of the molecule is CC(C)(C)OC(=O)N1CCOc2c1sc1c2CNC1. The molecule has 5 nitrogen and oxygen atoms in total. The Balaban J connectivity index is 1.89. The second-order valence-corrected chi connectivity index (χ2v) is 6.81. The van der Waals surface area contributed by atoms with E-state index < -0.39 is 5.60 Å². The third kappa shape index (κ3) is 2.30. The monoisotopic (exact) mass is 282 g/mol. The molecule has 0 fully saturated rings. The van der Waals surface area contributed by atoms with Gasteiger partial charge in [-0.1, -0.05) is 0 Å². The second kappa shape index (κ2) is 4.38. The van der Waals surface area contributed by atoms with Crippen molar-refractivity contribution in [3.05, 3.63) is 10.4 Å². The van der Waals surface area contributed by atoms with Crippen molar-refractivity contribution in [2.75, 3.05) is 18.1 Å². The number of fused-ring (bicyclic) bond motifs is 3. The van der Waals surface area contributed by atoms with E-state index in [1.54, 1.807) is 16.2 Å². The van der Waals surface area contributed by atoms with Gasteiger partial charge in [0.15, 0.2) is 5.75 Å². The van der Waals surface area contributed by atoms with E-state index in [2.05, 4.69) is 5.32 Å². The minimum atomic E-state index is -0.475. The Kier molecular flexibility index (Phi) is 2.94. The predicted octanol–water partition coefficient (Wildman–Crippen LogP) is 2.49. The molecule has 2 aliphatic heterocycles. The molecule has 0 radical (unpaired) electrons. The number of hydrogen-bond acceptors (Lipinski definition) is 5. The van der Waals surface area contributed by atoms with Crippen molar-refractivity contribution >= 4 is 22.4 Å². The minimum Gasteiger partial charge on any atom is -0.488 e. The highest BCUT2D eigenvalue weighted by Crippen LogP contribution is 2.46. The van der Waals surface area contributed by atoms with Gasteiger partial charge in [-0.2, -0.15) is 0 Å². The lowest BCUT2D eigenvalue weighted by Crippen LogP contribution is -2.41. The van der Waals surface area contributed by atoms with Crippen molar-refractivity contribution in [1.82, 2.24) is 5.32 Å². The maximum Gasteiger partial charge on any atom is 0.415 e. The van der Waals surface area contributed by atoms with Gasteiger partial charge in [-0.05, 0) is 20.8 Å². The summed E-state index contributed by atoms with van der Waals surface area (Å²) >= 11 is 1.62. The largest absolute Gasteiger partial charge is 0.488 e. The molecule has 0 spiro atoms. The molecule has 0 aliphatic carbocycles. The van der Waals surface area contributed by atoms with Gasteiger partial charge in [0.1, 0.15) is 17.2 Å². The number of carbonyl (C=O) groups is 1. The number of hydrogen-bond donors (Lipinski definition) is 1. The van der Waals surface area contributed by atoms with Crippen molar-refractivity contribution in [3.8, 4) is 5.75 Å². The molecule has 2 aliphatic rings. The van der Waals surface area contributed by atoms with E-state index in [1.807, 2.05) is 20.8 Å². The summed E-state index contributed by atoms with van der Waals surface area (Å²) in [5, 5.41) is 4.19. The summed E-state index contributed by atoms with van der Waals surface area (Å²) in [6, 6.07) is 0. The summed E-state index contributed by atoms with van der Waals surface area (Å²) in [6.45, 7) is 8.39. The molecule has 6 heteroatoms. The van der Waals surface area contributed by atoms with Crippen LogP contribution >= 0.6 is 11.3 Å². The summed E-state index contributed by atoms with van der Waals surface area (Å²) < 4.78 is 11.2. The molecule has 3 rings (SSSR count). The maximum absolute atomic E-state index is 12.2. The number of nitrogens with one attached hydrogen (secondary N) is 1.